The van der Waals surface area contributed by atoms with Crippen LogP contribution in [0.15, 0.2) is 29.6 Å². The number of thiophene rings is 1. The SMILES string of the molecule is CCC1c2ccsc2CCN1C(=O)CN(C)C(C)c1ccc(F)c(F)c1. The van der Waals surface area contributed by atoms with Crippen LogP contribution in [0.2, 0.25) is 0 Å². The van der Waals surface area contributed by atoms with Crippen LogP contribution < -0.4 is 0 Å². The quantitative estimate of drug-likeness (QED) is 0.762. The molecule has 2 atom stereocenters. The topological polar surface area (TPSA) is 23.6 Å². The lowest BCUT2D eigenvalue weighted by Crippen LogP contribution is -2.44. The van der Waals surface area contributed by atoms with E-state index >= 15 is 0 Å². The van der Waals surface area contributed by atoms with E-state index in [0.29, 0.717) is 5.56 Å². The van der Waals surface area contributed by atoms with Crippen molar-refractivity contribution in [2.75, 3.05) is 20.1 Å². The summed E-state index contributed by atoms with van der Waals surface area (Å²) < 4.78 is 26.6. The normalized spacial score (nSPS) is 18.1. The van der Waals surface area contributed by atoms with Crippen molar-refractivity contribution in [3.8, 4) is 0 Å². The number of hydrogen-bond donors (Lipinski definition) is 0. The smallest absolute Gasteiger partial charge is 0.237 e. The van der Waals surface area contributed by atoms with Gasteiger partial charge in [-0.2, -0.15) is 0 Å². The fraction of sp³-hybridized carbons (Fsp3) is 0.450. The Balaban J connectivity index is 1.69. The predicted molar refractivity (Wildman–Crippen MR) is 100 cm³/mol. The number of rotatable bonds is 5. The predicted octanol–water partition coefficient (Wildman–Crippen LogP) is 4.56. The Morgan fingerprint density at radius 3 is 2.81 bits per heavy atom. The zero-order valence-electron chi connectivity index (χ0n) is 15.3. The van der Waals surface area contributed by atoms with E-state index in [4.69, 9.17) is 0 Å². The third-order valence-corrected chi connectivity index (χ3v) is 6.27. The molecule has 140 valence electrons. The molecule has 3 nitrogen and oxygen atoms in total. The Hall–Kier alpha value is -1.79. The molecule has 0 aliphatic carbocycles. The summed E-state index contributed by atoms with van der Waals surface area (Å²) in [6.07, 6.45) is 1.79. The third kappa shape index (κ3) is 3.67. The summed E-state index contributed by atoms with van der Waals surface area (Å²) in [7, 11) is 1.84. The molecule has 0 N–H and O–H groups in total. The van der Waals surface area contributed by atoms with Crippen molar-refractivity contribution in [3.05, 3.63) is 57.3 Å². The number of carbonyl (C=O) groups is 1. The summed E-state index contributed by atoms with van der Waals surface area (Å²) in [5, 5.41) is 2.10. The van der Waals surface area contributed by atoms with E-state index in [1.165, 1.54) is 16.5 Å². The standard InChI is InChI=1S/C20H24F2N2OS/c1-4-18-15-8-10-26-19(15)7-9-24(18)20(25)12-23(3)13(2)14-5-6-16(21)17(22)11-14/h5-6,8,10-11,13,18H,4,7,9,12H2,1-3H3. The highest BCUT2D eigenvalue weighted by Gasteiger charge is 2.31. The monoisotopic (exact) mass is 378 g/mol. The van der Waals surface area contributed by atoms with Crippen LogP contribution in [-0.2, 0) is 11.2 Å². The Bertz CT molecular complexity index is 792. The molecule has 1 aromatic carbocycles. The number of hydrogen-bond acceptors (Lipinski definition) is 3. The molecule has 3 rings (SSSR count). The fourth-order valence-electron chi connectivity index (χ4n) is 3.60. The summed E-state index contributed by atoms with van der Waals surface area (Å²) in [5.41, 5.74) is 1.93. The lowest BCUT2D eigenvalue weighted by Gasteiger charge is -2.37. The van der Waals surface area contributed by atoms with Crippen molar-refractivity contribution < 1.29 is 13.6 Å². The van der Waals surface area contributed by atoms with E-state index in [9.17, 15) is 13.6 Å². The lowest BCUT2D eigenvalue weighted by molar-refractivity contribution is -0.135. The van der Waals surface area contributed by atoms with Crippen molar-refractivity contribution in [3.63, 3.8) is 0 Å². The highest BCUT2D eigenvalue weighted by atomic mass is 32.1. The number of carbonyl (C=O) groups excluding carboxylic acids is 1. The van der Waals surface area contributed by atoms with Crippen molar-refractivity contribution in [2.24, 2.45) is 0 Å². The summed E-state index contributed by atoms with van der Waals surface area (Å²) in [6.45, 7) is 4.98. The largest absolute Gasteiger partial charge is 0.334 e. The van der Waals surface area contributed by atoms with Gasteiger partial charge in [-0.25, -0.2) is 8.78 Å². The fourth-order valence-corrected chi connectivity index (χ4v) is 4.53. The van der Waals surface area contributed by atoms with Crippen LogP contribution in [0.4, 0.5) is 8.78 Å². The molecule has 0 bridgehead atoms. The molecule has 0 fully saturated rings. The van der Waals surface area contributed by atoms with Gasteiger partial charge >= 0.3 is 0 Å². The van der Waals surface area contributed by atoms with Gasteiger partial charge in [-0.15, -0.1) is 11.3 Å². The molecule has 6 heteroatoms. The van der Waals surface area contributed by atoms with Gasteiger partial charge in [-0.3, -0.25) is 9.69 Å². The average Bonchev–Trinajstić information content (AvgIpc) is 3.11. The van der Waals surface area contributed by atoms with Crippen LogP contribution in [0.3, 0.4) is 0 Å². The molecule has 0 radical (unpaired) electrons. The van der Waals surface area contributed by atoms with E-state index in [2.05, 4.69) is 18.4 Å². The molecule has 0 saturated carbocycles. The maximum atomic E-state index is 13.5. The van der Waals surface area contributed by atoms with Gasteiger partial charge < -0.3 is 4.90 Å². The first-order chi connectivity index (χ1) is 12.4. The van der Waals surface area contributed by atoms with E-state index < -0.39 is 11.6 Å². The molecule has 1 aromatic heterocycles. The van der Waals surface area contributed by atoms with E-state index in [1.807, 2.05) is 23.8 Å². The first-order valence-corrected chi connectivity index (χ1v) is 9.81. The number of likely N-dealkylation sites (N-methyl/N-ethyl adjacent to an activating group) is 1. The Morgan fingerprint density at radius 2 is 2.12 bits per heavy atom. The van der Waals surface area contributed by atoms with Crippen LogP contribution in [0, 0.1) is 11.6 Å². The first-order valence-electron chi connectivity index (χ1n) is 8.93. The number of nitrogens with zero attached hydrogens (tertiary/aromatic N) is 2. The van der Waals surface area contributed by atoms with Gasteiger partial charge in [0.15, 0.2) is 11.6 Å². The maximum Gasteiger partial charge on any atom is 0.237 e. The van der Waals surface area contributed by atoms with Gasteiger partial charge in [0, 0.05) is 17.5 Å². The molecular weight excluding hydrogens is 354 g/mol. The Kier molecular flexibility index (Phi) is 5.73. The third-order valence-electron chi connectivity index (χ3n) is 5.27. The second kappa shape index (κ2) is 7.84. The lowest BCUT2D eigenvalue weighted by atomic mass is 9.97. The van der Waals surface area contributed by atoms with Gasteiger partial charge in [0.2, 0.25) is 5.91 Å². The first kappa shape index (κ1) is 19.0. The van der Waals surface area contributed by atoms with E-state index in [0.717, 1.165) is 25.5 Å². The van der Waals surface area contributed by atoms with E-state index in [1.54, 1.807) is 17.4 Å². The van der Waals surface area contributed by atoms with Gasteiger partial charge in [0.25, 0.3) is 0 Å². The summed E-state index contributed by atoms with van der Waals surface area (Å²) >= 11 is 1.76. The number of fused-ring (bicyclic) bond motifs is 1. The second-order valence-corrected chi connectivity index (χ2v) is 7.83. The minimum Gasteiger partial charge on any atom is -0.334 e. The number of halogens is 2. The molecule has 2 heterocycles. The van der Waals surface area contributed by atoms with Crippen molar-refractivity contribution in [1.29, 1.82) is 0 Å². The van der Waals surface area contributed by atoms with Crippen molar-refractivity contribution in [1.82, 2.24) is 9.80 Å². The van der Waals surface area contributed by atoms with Crippen LogP contribution >= 0.6 is 11.3 Å². The minimum atomic E-state index is -0.860. The maximum absolute atomic E-state index is 13.5. The Labute approximate surface area is 157 Å². The highest BCUT2D eigenvalue weighted by molar-refractivity contribution is 7.10. The van der Waals surface area contributed by atoms with Gasteiger partial charge in [0.1, 0.15) is 0 Å². The molecular formula is C20H24F2N2OS. The van der Waals surface area contributed by atoms with Crippen molar-refractivity contribution in [2.45, 2.75) is 38.8 Å². The van der Waals surface area contributed by atoms with Crippen LogP contribution in [-0.4, -0.2) is 35.8 Å². The van der Waals surface area contributed by atoms with Crippen molar-refractivity contribution >= 4 is 17.2 Å². The Morgan fingerprint density at radius 1 is 1.35 bits per heavy atom. The molecule has 1 aliphatic heterocycles. The van der Waals surface area contributed by atoms with Gasteiger partial charge in [0.05, 0.1) is 12.6 Å². The van der Waals surface area contributed by atoms with Gasteiger partial charge in [-0.05, 0) is 61.5 Å². The molecule has 2 aromatic rings. The molecule has 1 aliphatic rings. The van der Waals surface area contributed by atoms with Crippen LogP contribution in [0.5, 0.6) is 0 Å². The van der Waals surface area contributed by atoms with Crippen LogP contribution in [0.1, 0.15) is 48.4 Å². The van der Waals surface area contributed by atoms with Gasteiger partial charge in [-0.1, -0.05) is 13.0 Å². The zero-order chi connectivity index (χ0) is 18.8. The molecule has 0 saturated heterocycles. The summed E-state index contributed by atoms with van der Waals surface area (Å²) in [6, 6.07) is 5.97. The van der Waals surface area contributed by atoms with E-state index in [-0.39, 0.29) is 24.5 Å². The number of amides is 1. The second-order valence-electron chi connectivity index (χ2n) is 6.82. The summed E-state index contributed by atoms with van der Waals surface area (Å²) in [4.78, 5) is 18.1. The molecule has 1 amide bonds. The average molecular weight is 378 g/mol. The molecule has 26 heavy (non-hydrogen) atoms. The minimum absolute atomic E-state index is 0.0747. The van der Waals surface area contributed by atoms with Crippen LogP contribution in [0.25, 0.3) is 0 Å². The highest BCUT2D eigenvalue weighted by Crippen LogP contribution is 2.35. The molecule has 2 unspecified atom stereocenters. The summed E-state index contributed by atoms with van der Waals surface area (Å²) in [5.74, 6) is -1.64. The number of benzene rings is 1. The zero-order valence-corrected chi connectivity index (χ0v) is 16.2. The molecule has 0 spiro atoms.